The highest BCUT2D eigenvalue weighted by Crippen LogP contribution is 2.29. The van der Waals surface area contributed by atoms with E-state index in [2.05, 4.69) is 0 Å². The summed E-state index contributed by atoms with van der Waals surface area (Å²) in [6.45, 7) is 3.64. The van der Waals surface area contributed by atoms with Crippen LogP contribution in [0.25, 0.3) is 0 Å². The number of aryl methyl sites for hydroxylation is 1. The molecule has 1 aromatic carbocycles. The minimum atomic E-state index is -0.722. The molecular formula is C12H18O3. The van der Waals surface area contributed by atoms with Gasteiger partial charge in [-0.2, -0.15) is 0 Å². The van der Waals surface area contributed by atoms with Crippen LogP contribution in [0.15, 0.2) is 18.2 Å². The lowest BCUT2D eigenvalue weighted by molar-refractivity contribution is 0.0833. The lowest BCUT2D eigenvalue weighted by Crippen LogP contribution is -2.15. The van der Waals surface area contributed by atoms with Crippen molar-refractivity contribution in [3.63, 3.8) is 0 Å². The molecule has 3 nitrogen and oxygen atoms in total. The fourth-order valence-electron chi connectivity index (χ4n) is 1.68. The van der Waals surface area contributed by atoms with Crippen LogP contribution in [0.1, 0.15) is 30.4 Å². The van der Waals surface area contributed by atoms with E-state index in [1.807, 2.05) is 26.0 Å². The summed E-state index contributed by atoms with van der Waals surface area (Å²) in [5.74, 6) is 0.283. The number of aliphatic hydroxyl groups is 2. The first-order valence-electron chi connectivity index (χ1n) is 5.13. The molecule has 0 aromatic heterocycles. The predicted molar refractivity (Wildman–Crippen MR) is 59.0 cm³/mol. The smallest absolute Gasteiger partial charge is 0.119 e. The van der Waals surface area contributed by atoms with Crippen LogP contribution in [-0.4, -0.2) is 28.0 Å². The summed E-state index contributed by atoms with van der Waals surface area (Å²) in [7, 11) is 0. The summed E-state index contributed by atoms with van der Waals surface area (Å²) in [4.78, 5) is 0. The number of phenols is 1. The van der Waals surface area contributed by atoms with Gasteiger partial charge in [-0.15, -0.1) is 0 Å². The minimum absolute atomic E-state index is 0.0343. The molecule has 2 unspecified atom stereocenters. The third-order valence-electron chi connectivity index (χ3n) is 2.55. The molecule has 0 heterocycles. The second-order valence-corrected chi connectivity index (χ2v) is 4.04. The summed E-state index contributed by atoms with van der Waals surface area (Å²) in [5, 5.41) is 27.7. The topological polar surface area (TPSA) is 60.7 Å². The molecule has 0 saturated carbocycles. The standard InChI is InChI=1S/C12H18O3/c1-8-3-4-12(15)11(5-8)9(2)6-10(14)7-13/h3-5,9-10,13-15H,6-7H2,1-2H3. The summed E-state index contributed by atoms with van der Waals surface area (Å²) >= 11 is 0. The molecule has 1 aromatic rings. The molecule has 0 aliphatic heterocycles. The van der Waals surface area contributed by atoms with Crippen molar-refractivity contribution in [3.8, 4) is 5.75 Å². The maximum atomic E-state index is 9.65. The molecule has 0 fully saturated rings. The molecule has 0 radical (unpaired) electrons. The average molecular weight is 210 g/mol. The highest BCUT2D eigenvalue weighted by Gasteiger charge is 2.14. The zero-order valence-corrected chi connectivity index (χ0v) is 9.14. The van der Waals surface area contributed by atoms with Gasteiger partial charge in [0, 0.05) is 0 Å². The molecule has 3 N–H and O–H groups in total. The van der Waals surface area contributed by atoms with Gasteiger partial charge < -0.3 is 15.3 Å². The molecule has 0 bridgehead atoms. The van der Waals surface area contributed by atoms with Crippen molar-refractivity contribution < 1.29 is 15.3 Å². The number of hydrogen-bond acceptors (Lipinski definition) is 3. The van der Waals surface area contributed by atoms with Gasteiger partial charge in [-0.1, -0.05) is 24.6 Å². The van der Waals surface area contributed by atoms with Gasteiger partial charge in [-0.05, 0) is 30.9 Å². The maximum absolute atomic E-state index is 9.65. The summed E-state index contributed by atoms with van der Waals surface area (Å²) in [6, 6.07) is 5.41. The Morgan fingerprint density at radius 1 is 1.33 bits per heavy atom. The Bertz CT molecular complexity index is 323. The molecule has 0 spiro atoms. The molecule has 84 valence electrons. The monoisotopic (exact) mass is 210 g/mol. The number of hydrogen-bond donors (Lipinski definition) is 3. The quantitative estimate of drug-likeness (QED) is 0.706. The van der Waals surface area contributed by atoms with Crippen LogP contribution >= 0.6 is 0 Å². The van der Waals surface area contributed by atoms with Crippen LogP contribution in [0.2, 0.25) is 0 Å². The first-order chi connectivity index (χ1) is 7.04. The Labute approximate surface area is 90.0 Å². The van der Waals surface area contributed by atoms with Gasteiger partial charge in [0.15, 0.2) is 0 Å². The van der Waals surface area contributed by atoms with E-state index in [-0.39, 0.29) is 18.3 Å². The van der Waals surface area contributed by atoms with Crippen LogP contribution in [0.4, 0.5) is 0 Å². The van der Waals surface area contributed by atoms with Gasteiger partial charge in [0.05, 0.1) is 12.7 Å². The van der Waals surface area contributed by atoms with Gasteiger partial charge in [-0.3, -0.25) is 0 Å². The zero-order chi connectivity index (χ0) is 11.4. The molecular weight excluding hydrogens is 192 g/mol. The van der Waals surface area contributed by atoms with Gasteiger partial charge in [-0.25, -0.2) is 0 Å². The highest BCUT2D eigenvalue weighted by atomic mass is 16.3. The summed E-state index contributed by atoms with van der Waals surface area (Å²) in [5.41, 5.74) is 1.90. The number of aromatic hydroxyl groups is 1. The van der Waals surface area contributed by atoms with Crippen molar-refractivity contribution in [2.75, 3.05) is 6.61 Å². The molecule has 0 aliphatic carbocycles. The molecule has 1 rings (SSSR count). The SMILES string of the molecule is Cc1ccc(O)c(C(C)CC(O)CO)c1. The van der Waals surface area contributed by atoms with Crippen molar-refractivity contribution in [3.05, 3.63) is 29.3 Å². The second kappa shape index (κ2) is 5.14. The molecule has 0 aliphatic rings. The van der Waals surface area contributed by atoms with E-state index in [4.69, 9.17) is 5.11 Å². The number of aliphatic hydroxyl groups excluding tert-OH is 2. The van der Waals surface area contributed by atoms with Gasteiger partial charge in [0.25, 0.3) is 0 Å². The van der Waals surface area contributed by atoms with Gasteiger partial charge >= 0.3 is 0 Å². The third-order valence-corrected chi connectivity index (χ3v) is 2.55. The maximum Gasteiger partial charge on any atom is 0.119 e. The van der Waals surface area contributed by atoms with Crippen molar-refractivity contribution >= 4 is 0 Å². The Morgan fingerprint density at radius 3 is 2.60 bits per heavy atom. The number of rotatable bonds is 4. The van der Waals surface area contributed by atoms with Crippen molar-refractivity contribution in [1.82, 2.24) is 0 Å². The molecule has 2 atom stereocenters. The molecule has 0 amide bonds. The molecule has 3 heteroatoms. The highest BCUT2D eigenvalue weighted by molar-refractivity contribution is 5.38. The normalized spacial score (nSPS) is 14.9. The van der Waals surface area contributed by atoms with Crippen molar-refractivity contribution in [1.29, 1.82) is 0 Å². The number of benzene rings is 1. The van der Waals surface area contributed by atoms with Crippen LogP contribution in [0.5, 0.6) is 5.75 Å². The Kier molecular flexibility index (Phi) is 4.12. The summed E-state index contributed by atoms with van der Waals surface area (Å²) in [6.07, 6.45) is -0.270. The third kappa shape index (κ3) is 3.22. The average Bonchev–Trinajstić information content (AvgIpc) is 2.21. The Morgan fingerprint density at radius 2 is 2.00 bits per heavy atom. The largest absolute Gasteiger partial charge is 0.508 e. The first-order valence-corrected chi connectivity index (χ1v) is 5.13. The van der Waals surface area contributed by atoms with Crippen LogP contribution < -0.4 is 0 Å². The minimum Gasteiger partial charge on any atom is -0.508 e. The van der Waals surface area contributed by atoms with Crippen LogP contribution in [0, 0.1) is 6.92 Å². The fourth-order valence-corrected chi connectivity index (χ4v) is 1.68. The number of phenolic OH excluding ortho intramolecular Hbond substituents is 1. The fraction of sp³-hybridized carbons (Fsp3) is 0.500. The van der Waals surface area contributed by atoms with E-state index in [9.17, 15) is 10.2 Å². The Balaban J connectivity index is 2.80. The van der Waals surface area contributed by atoms with E-state index in [0.717, 1.165) is 11.1 Å². The summed E-state index contributed by atoms with van der Waals surface area (Å²) < 4.78 is 0. The van der Waals surface area contributed by atoms with Crippen molar-refractivity contribution in [2.24, 2.45) is 0 Å². The molecule has 0 saturated heterocycles. The zero-order valence-electron chi connectivity index (χ0n) is 9.14. The Hall–Kier alpha value is -1.06. The van der Waals surface area contributed by atoms with E-state index in [1.165, 1.54) is 0 Å². The first kappa shape index (κ1) is 12.0. The van der Waals surface area contributed by atoms with Gasteiger partial charge in [0.2, 0.25) is 0 Å². The molecule has 15 heavy (non-hydrogen) atoms. The van der Waals surface area contributed by atoms with E-state index >= 15 is 0 Å². The van der Waals surface area contributed by atoms with E-state index in [0.29, 0.717) is 6.42 Å². The van der Waals surface area contributed by atoms with Crippen LogP contribution in [-0.2, 0) is 0 Å². The lowest BCUT2D eigenvalue weighted by atomic mass is 9.93. The predicted octanol–water partition coefficient (Wildman–Crippen LogP) is 1.55. The van der Waals surface area contributed by atoms with Gasteiger partial charge in [0.1, 0.15) is 5.75 Å². The second-order valence-electron chi connectivity index (χ2n) is 4.04. The van der Waals surface area contributed by atoms with E-state index < -0.39 is 6.10 Å². The van der Waals surface area contributed by atoms with E-state index in [1.54, 1.807) is 6.07 Å². The van der Waals surface area contributed by atoms with Crippen LogP contribution in [0.3, 0.4) is 0 Å². The lowest BCUT2D eigenvalue weighted by Gasteiger charge is -2.16. The van der Waals surface area contributed by atoms with Crippen molar-refractivity contribution in [2.45, 2.75) is 32.3 Å².